The lowest BCUT2D eigenvalue weighted by molar-refractivity contribution is -0.133. The molecule has 1 aliphatic heterocycles. The maximum atomic E-state index is 14.0. The lowest BCUT2D eigenvalue weighted by Crippen LogP contribution is -2.53. The predicted octanol–water partition coefficient (Wildman–Crippen LogP) is 5.09. The molecule has 5 rings (SSSR count). The molecule has 2 atom stereocenters. The van der Waals surface area contributed by atoms with Crippen LogP contribution in [-0.2, 0) is 27.0 Å². The Labute approximate surface area is 229 Å². The summed E-state index contributed by atoms with van der Waals surface area (Å²) in [5.74, 6) is 0.0160. The third-order valence-electron chi connectivity index (χ3n) is 8.50. The minimum absolute atomic E-state index is 0.103. The molecule has 2 amide bonds. The molecule has 1 aliphatic carbocycles. The zero-order valence-electron chi connectivity index (χ0n) is 22.6. The van der Waals surface area contributed by atoms with Gasteiger partial charge in [-0.3, -0.25) is 4.79 Å². The average molecular weight is 530 g/mol. The Hall–Kier alpha value is -3.71. The summed E-state index contributed by atoms with van der Waals surface area (Å²) in [6, 6.07) is 26.5. The summed E-state index contributed by atoms with van der Waals surface area (Å²) >= 11 is 0. The Bertz CT molecular complexity index is 1280. The Kier molecular flexibility index (Phi) is 7.71. The van der Waals surface area contributed by atoms with Crippen LogP contribution in [0.5, 0.6) is 0 Å². The highest BCUT2D eigenvalue weighted by molar-refractivity contribution is 5.92. The van der Waals surface area contributed by atoms with Crippen LogP contribution in [0.1, 0.15) is 36.0 Å². The largest absolute Gasteiger partial charge is 0.453 e. The number of benzene rings is 3. The molecule has 1 saturated heterocycles. The minimum atomic E-state index is -0.561. The van der Waals surface area contributed by atoms with Crippen molar-refractivity contribution in [3.8, 4) is 0 Å². The summed E-state index contributed by atoms with van der Waals surface area (Å²) < 4.78 is 18.3. The molecule has 3 aromatic rings. The first-order chi connectivity index (χ1) is 18.9. The molecule has 6 nitrogen and oxygen atoms in total. The maximum absolute atomic E-state index is 14.0. The molecule has 7 heteroatoms. The molecule has 0 bridgehead atoms. The average Bonchev–Trinajstić information content (AvgIpc) is 3.70. The number of carbonyl (C=O) groups is 2. The first kappa shape index (κ1) is 26.9. The number of ether oxygens (including phenoxy) is 1. The van der Waals surface area contributed by atoms with Crippen molar-refractivity contribution in [2.24, 2.45) is 5.92 Å². The Balaban J connectivity index is 1.30. The van der Waals surface area contributed by atoms with Gasteiger partial charge in [0.25, 0.3) is 0 Å². The molecule has 0 spiro atoms. The van der Waals surface area contributed by atoms with Gasteiger partial charge in [-0.05, 0) is 54.0 Å². The van der Waals surface area contributed by atoms with Crippen LogP contribution in [0, 0.1) is 11.7 Å². The van der Waals surface area contributed by atoms with Gasteiger partial charge in [-0.15, -0.1) is 0 Å². The van der Waals surface area contributed by atoms with E-state index in [0.717, 1.165) is 55.6 Å². The van der Waals surface area contributed by atoms with E-state index in [9.17, 15) is 14.0 Å². The summed E-state index contributed by atoms with van der Waals surface area (Å²) in [5.41, 5.74) is 2.00. The molecular weight excluding hydrogens is 493 g/mol. The molecule has 39 heavy (non-hydrogen) atoms. The number of amides is 2. The highest BCUT2D eigenvalue weighted by atomic mass is 19.1. The van der Waals surface area contributed by atoms with E-state index >= 15 is 0 Å². The molecule has 1 N–H and O–H groups in total. The fraction of sp³-hybridized carbons (Fsp3) is 0.375. The third-order valence-corrected chi connectivity index (χ3v) is 8.50. The Morgan fingerprint density at radius 3 is 2.13 bits per heavy atom. The molecule has 0 unspecified atom stereocenters. The van der Waals surface area contributed by atoms with Gasteiger partial charge in [-0.25, -0.2) is 9.18 Å². The maximum Gasteiger partial charge on any atom is 0.407 e. The van der Waals surface area contributed by atoms with Crippen molar-refractivity contribution >= 4 is 12.0 Å². The lowest BCUT2D eigenvalue weighted by atomic mass is 9.80. The third kappa shape index (κ3) is 5.55. The first-order valence-electron chi connectivity index (χ1n) is 13.6. The van der Waals surface area contributed by atoms with E-state index in [0.29, 0.717) is 6.54 Å². The quantitative estimate of drug-likeness (QED) is 0.442. The van der Waals surface area contributed by atoms with E-state index < -0.39 is 17.0 Å². The van der Waals surface area contributed by atoms with Gasteiger partial charge < -0.3 is 19.9 Å². The Morgan fingerprint density at radius 1 is 0.949 bits per heavy atom. The fourth-order valence-electron chi connectivity index (χ4n) is 6.22. The lowest BCUT2D eigenvalue weighted by Gasteiger charge is -2.42. The second-order valence-electron chi connectivity index (χ2n) is 10.9. The van der Waals surface area contributed by atoms with Gasteiger partial charge in [0.2, 0.25) is 5.91 Å². The van der Waals surface area contributed by atoms with E-state index in [1.807, 2.05) is 43.4 Å². The number of likely N-dealkylation sites (N-methyl/N-ethyl adjacent to an activating group) is 1. The predicted molar refractivity (Wildman–Crippen MR) is 148 cm³/mol. The smallest absolute Gasteiger partial charge is 0.407 e. The summed E-state index contributed by atoms with van der Waals surface area (Å²) in [7, 11) is 3.23. The highest BCUT2D eigenvalue weighted by Crippen LogP contribution is 2.56. The number of hydrogen-bond acceptors (Lipinski definition) is 4. The number of alkyl carbamates (subject to hydrolysis) is 1. The van der Waals surface area contributed by atoms with Crippen LogP contribution in [0.15, 0.2) is 84.9 Å². The van der Waals surface area contributed by atoms with Crippen molar-refractivity contribution in [2.45, 2.75) is 36.8 Å². The van der Waals surface area contributed by atoms with Crippen LogP contribution in [0.2, 0.25) is 0 Å². The zero-order chi connectivity index (χ0) is 27.5. The summed E-state index contributed by atoms with van der Waals surface area (Å²) in [6.07, 6.45) is 1.89. The van der Waals surface area contributed by atoms with E-state index in [-0.39, 0.29) is 17.6 Å². The van der Waals surface area contributed by atoms with Crippen molar-refractivity contribution in [1.82, 2.24) is 15.1 Å². The number of methoxy groups -OCH3 is 1. The van der Waals surface area contributed by atoms with Gasteiger partial charge in [0.1, 0.15) is 5.82 Å². The fourth-order valence-corrected chi connectivity index (χ4v) is 6.22. The molecule has 1 saturated carbocycles. The Morgan fingerprint density at radius 2 is 1.54 bits per heavy atom. The van der Waals surface area contributed by atoms with Gasteiger partial charge in [-0.1, -0.05) is 72.8 Å². The number of halogens is 1. The van der Waals surface area contributed by atoms with Crippen LogP contribution in [0.3, 0.4) is 0 Å². The summed E-state index contributed by atoms with van der Waals surface area (Å²) in [5, 5.41) is 3.12. The van der Waals surface area contributed by atoms with Crippen molar-refractivity contribution in [3.63, 3.8) is 0 Å². The number of hydrogen-bond donors (Lipinski definition) is 1. The van der Waals surface area contributed by atoms with Crippen molar-refractivity contribution < 1.29 is 18.7 Å². The minimum Gasteiger partial charge on any atom is -0.453 e. The van der Waals surface area contributed by atoms with E-state index in [1.165, 1.54) is 19.2 Å². The van der Waals surface area contributed by atoms with E-state index in [1.54, 1.807) is 17.0 Å². The van der Waals surface area contributed by atoms with Crippen LogP contribution >= 0.6 is 0 Å². The van der Waals surface area contributed by atoms with Crippen molar-refractivity contribution in [3.05, 3.63) is 107 Å². The molecule has 2 aliphatic rings. The van der Waals surface area contributed by atoms with Crippen LogP contribution in [-0.4, -0.2) is 55.6 Å². The second kappa shape index (κ2) is 11.2. The van der Waals surface area contributed by atoms with E-state index in [4.69, 9.17) is 4.74 Å². The normalized spacial score (nSPS) is 22.1. The van der Waals surface area contributed by atoms with E-state index in [2.05, 4.69) is 34.5 Å². The van der Waals surface area contributed by atoms with Gasteiger partial charge >= 0.3 is 6.09 Å². The van der Waals surface area contributed by atoms with Crippen LogP contribution in [0.25, 0.3) is 0 Å². The standard InChI is InChI=1S/C32H36FN3O3/c1-35(22-24-13-15-28(33)16-14-24)29(37)32(26-11-7-4-8-12-26)21-27(32)23-36-19-17-31(18-20-36,34-30(38)39-2)25-9-5-3-6-10-25/h3-16,27H,17-23H2,1-2H3,(H,34,38)/t27-,32+/m1/s1. The van der Waals surface area contributed by atoms with Gasteiger partial charge in [0, 0.05) is 33.2 Å². The second-order valence-corrected chi connectivity index (χ2v) is 10.9. The number of carbonyl (C=O) groups excluding carboxylic acids is 2. The number of nitrogens with one attached hydrogen (secondary N) is 1. The molecule has 0 radical (unpaired) electrons. The SMILES string of the molecule is COC(=O)NC1(c2ccccc2)CCN(C[C@H]2C[C@]2(C(=O)N(C)Cc2ccc(F)cc2)c2ccccc2)CC1. The molecule has 204 valence electrons. The van der Waals surface area contributed by atoms with Gasteiger partial charge in [0.15, 0.2) is 0 Å². The number of likely N-dealkylation sites (tertiary alicyclic amines) is 1. The van der Waals surface area contributed by atoms with Crippen molar-refractivity contribution in [2.75, 3.05) is 33.8 Å². The van der Waals surface area contributed by atoms with Gasteiger partial charge in [0.05, 0.1) is 18.1 Å². The zero-order valence-corrected chi connectivity index (χ0v) is 22.6. The van der Waals surface area contributed by atoms with Gasteiger partial charge in [-0.2, -0.15) is 0 Å². The summed E-state index contributed by atoms with van der Waals surface area (Å²) in [4.78, 5) is 30.4. The van der Waals surface area contributed by atoms with Crippen molar-refractivity contribution in [1.29, 1.82) is 0 Å². The molecule has 1 heterocycles. The monoisotopic (exact) mass is 529 g/mol. The molecule has 2 fully saturated rings. The number of rotatable bonds is 8. The molecule has 0 aromatic heterocycles. The molecular formula is C32H36FN3O3. The van der Waals surface area contributed by atoms with Crippen LogP contribution < -0.4 is 5.32 Å². The molecule has 3 aromatic carbocycles. The van der Waals surface area contributed by atoms with Crippen LogP contribution in [0.4, 0.5) is 9.18 Å². The first-order valence-corrected chi connectivity index (χ1v) is 13.6. The highest BCUT2D eigenvalue weighted by Gasteiger charge is 2.62. The number of nitrogens with zero attached hydrogens (tertiary/aromatic N) is 2. The number of piperidine rings is 1. The summed E-state index contributed by atoms with van der Waals surface area (Å²) in [6.45, 7) is 2.86. The topological polar surface area (TPSA) is 61.9 Å².